The first-order valence-electron chi connectivity index (χ1n) is 5.79. The highest BCUT2D eigenvalue weighted by molar-refractivity contribution is 4.71. The number of nitrogens with zero attached hydrogens (tertiary/aromatic N) is 1. The molecule has 0 unspecified atom stereocenters. The third-order valence-corrected chi connectivity index (χ3v) is 2.69. The van der Waals surface area contributed by atoms with Crippen molar-refractivity contribution in [2.45, 2.75) is 39.3 Å². The molecule has 1 fully saturated rings. The molecule has 1 atom stereocenters. The summed E-state index contributed by atoms with van der Waals surface area (Å²) in [5.41, 5.74) is 0. The molecule has 0 amide bonds. The van der Waals surface area contributed by atoms with E-state index in [4.69, 9.17) is 4.74 Å². The standard InChI is InChI=1S/C11H24N2O/c1-4-13-7-8-14-11(9-13)5-6-12-10(2)3/h10-12H,4-9H2,1-3H3/t11-/m0/s1. The Morgan fingerprint density at radius 2 is 2.29 bits per heavy atom. The Kier molecular flexibility index (Phi) is 5.45. The van der Waals surface area contributed by atoms with Crippen molar-refractivity contribution < 1.29 is 4.74 Å². The number of morpholine rings is 1. The Balaban J connectivity index is 2.11. The van der Waals surface area contributed by atoms with Gasteiger partial charge in [-0.3, -0.25) is 4.90 Å². The molecule has 0 aromatic heterocycles. The van der Waals surface area contributed by atoms with Crippen molar-refractivity contribution in [3.63, 3.8) is 0 Å². The van der Waals surface area contributed by atoms with Gasteiger partial charge in [0.1, 0.15) is 0 Å². The first-order chi connectivity index (χ1) is 6.72. The molecule has 1 heterocycles. The second-order valence-corrected chi connectivity index (χ2v) is 4.28. The van der Waals surface area contributed by atoms with Crippen LogP contribution in [0.2, 0.25) is 0 Å². The summed E-state index contributed by atoms with van der Waals surface area (Å²) >= 11 is 0. The monoisotopic (exact) mass is 200 g/mol. The highest BCUT2D eigenvalue weighted by Gasteiger charge is 2.18. The number of hydrogen-bond donors (Lipinski definition) is 1. The quantitative estimate of drug-likeness (QED) is 0.719. The van der Waals surface area contributed by atoms with Gasteiger partial charge in [0.15, 0.2) is 0 Å². The van der Waals surface area contributed by atoms with Crippen LogP contribution < -0.4 is 5.32 Å². The molecule has 0 aromatic carbocycles. The number of rotatable bonds is 5. The average molecular weight is 200 g/mol. The van der Waals surface area contributed by atoms with Crippen LogP contribution in [0.25, 0.3) is 0 Å². The molecule has 1 aliphatic heterocycles. The lowest BCUT2D eigenvalue weighted by atomic mass is 10.2. The third-order valence-electron chi connectivity index (χ3n) is 2.69. The fourth-order valence-corrected chi connectivity index (χ4v) is 1.78. The highest BCUT2D eigenvalue weighted by atomic mass is 16.5. The van der Waals surface area contributed by atoms with E-state index < -0.39 is 0 Å². The van der Waals surface area contributed by atoms with Crippen LogP contribution in [0.15, 0.2) is 0 Å². The lowest BCUT2D eigenvalue weighted by Crippen LogP contribution is -2.43. The fourth-order valence-electron chi connectivity index (χ4n) is 1.78. The summed E-state index contributed by atoms with van der Waals surface area (Å²) in [6.45, 7) is 11.9. The molecule has 0 bridgehead atoms. The average Bonchev–Trinajstić information content (AvgIpc) is 2.18. The summed E-state index contributed by atoms with van der Waals surface area (Å²) in [5, 5.41) is 3.43. The predicted octanol–water partition coefficient (Wildman–Crippen LogP) is 1.10. The number of hydrogen-bond acceptors (Lipinski definition) is 3. The number of ether oxygens (including phenoxy) is 1. The maximum absolute atomic E-state index is 5.71. The van der Waals surface area contributed by atoms with E-state index in [-0.39, 0.29) is 0 Å². The molecule has 0 spiro atoms. The SMILES string of the molecule is CCN1CCO[C@@H](CCNC(C)C)C1. The topological polar surface area (TPSA) is 24.5 Å². The Morgan fingerprint density at radius 1 is 1.50 bits per heavy atom. The van der Waals surface area contributed by atoms with Gasteiger partial charge >= 0.3 is 0 Å². The minimum Gasteiger partial charge on any atom is -0.376 e. The lowest BCUT2D eigenvalue weighted by Gasteiger charge is -2.32. The highest BCUT2D eigenvalue weighted by Crippen LogP contribution is 2.07. The summed E-state index contributed by atoms with van der Waals surface area (Å²) in [4.78, 5) is 2.46. The van der Waals surface area contributed by atoms with E-state index in [0.717, 1.165) is 39.2 Å². The summed E-state index contributed by atoms with van der Waals surface area (Å²) in [5.74, 6) is 0. The van der Waals surface area contributed by atoms with Crippen molar-refractivity contribution in [1.29, 1.82) is 0 Å². The minimum absolute atomic E-state index is 0.440. The number of nitrogens with one attached hydrogen (secondary N) is 1. The molecule has 0 aromatic rings. The molecule has 84 valence electrons. The molecule has 1 N–H and O–H groups in total. The maximum atomic E-state index is 5.71. The molecular formula is C11H24N2O. The van der Waals surface area contributed by atoms with E-state index >= 15 is 0 Å². The van der Waals surface area contributed by atoms with Crippen LogP contribution in [0.5, 0.6) is 0 Å². The van der Waals surface area contributed by atoms with E-state index in [1.807, 2.05) is 0 Å². The first kappa shape index (κ1) is 12.0. The summed E-state index contributed by atoms with van der Waals surface area (Å²) < 4.78 is 5.71. The largest absolute Gasteiger partial charge is 0.376 e. The van der Waals surface area contributed by atoms with E-state index in [2.05, 4.69) is 31.0 Å². The van der Waals surface area contributed by atoms with Crippen molar-refractivity contribution in [3.05, 3.63) is 0 Å². The molecule has 3 heteroatoms. The van der Waals surface area contributed by atoms with Crippen LogP contribution in [0.4, 0.5) is 0 Å². The molecule has 1 aliphatic rings. The number of likely N-dealkylation sites (N-methyl/N-ethyl adjacent to an activating group) is 1. The van der Waals surface area contributed by atoms with E-state index in [9.17, 15) is 0 Å². The van der Waals surface area contributed by atoms with Crippen molar-refractivity contribution in [3.8, 4) is 0 Å². The minimum atomic E-state index is 0.440. The van der Waals surface area contributed by atoms with E-state index in [1.54, 1.807) is 0 Å². The second kappa shape index (κ2) is 6.38. The zero-order valence-corrected chi connectivity index (χ0v) is 9.75. The Labute approximate surface area is 87.8 Å². The molecule has 0 aliphatic carbocycles. The van der Waals surface area contributed by atoms with Gasteiger partial charge in [0.25, 0.3) is 0 Å². The van der Waals surface area contributed by atoms with Crippen molar-refractivity contribution in [2.75, 3.05) is 32.8 Å². The van der Waals surface area contributed by atoms with Crippen LogP contribution >= 0.6 is 0 Å². The molecular weight excluding hydrogens is 176 g/mol. The van der Waals surface area contributed by atoms with E-state index in [0.29, 0.717) is 12.1 Å². The summed E-state index contributed by atoms with van der Waals surface area (Å²) in [7, 11) is 0. The third kappa shape index (κ3) is 4.40. The molecule has 1 saturated heterocycles. The van der Waals surface area contributed by atoms with Gasteiger partial charge in [-0.2, -0.15) is 0 Å². The smallest absolute Gasteiger partial charge is 0.0714 e. The molecule has 0 saturated carbocycles. The molecule has 14 heavy (non-hydrogen) atoms. The van der Waals surface area contributed by atoms with Gasteiger partial charge in [-0.1, -0.05) is 20.8 Å². The van der Waals surface area contributed by atoms with Crippen molar-refractivity contribution >= 4 is 0 Å². The zero-order valence-electron chi connectivity index (χ0n) is 9.75. The lowest BCUT2D eigenvalue weighted by molar-refractivity contribution is -0.0299. The maximum Gasteiger partial charge on any atom is 0.0714 e. The van der Waals surface area contributed by atoms with Crippen LogP contribution in [-0.2, 0) is 4.74 Å². The Morgan fingerprint density at radius 3 is 2.93 bits per heavy atom. The van der Waals surface area contributed by atoms with Crippen molar-refractivity contribution in [2.24, 2.45) is 0 Å². The van der Waals surface area contributed by atoms with Gasteiger partial charge in [0.2, 0.25) is 0 Å². The van der Waals surface area contributed by atoms with Gasteiger partial charge in [0, 0.05) is 19.1 Å². The van der Waals surface area contributed by atoms with E-state index in [1.165, 1.54) is 0 Å². The Hall–Kier alpha value is -0.120. The van der Waals surface area contributed by atoms with Crippen LogP contribution in [0.1, 0.15) is 27.2 Å². The summed E-state index contributed by atoms with van der Waals surface area (Å²) in [6.07, 6.45) is 1.57. The predicted molar refractivity (Wildman–Crippen MR) is 59.6 cm³/mol. The molecule has 0 radical (unpaired) electrons. The zero-order chi connectivity index (χ0) is 10.4. The Bertz CT molecular complexity index is 150. The van der Waals surface area contributed by atoms with Gasteiger partial charge < -0.3 is 10.1 Å². The molecule has 1 rings (SSSR count). The van der Waals surface area contributed by atoms with Crippen molar-refractivity contribution in [1.82, 2.24) is 10.2 Å². The van der Waals surface area contributed by atoms with Gasteiger partial charge in [-0.15, -0.1) is 0 Å². The van der Waals surface area contributed by atoms with Gasteiger partial charge in [0.05, 0.1) is 12.7 Å². The van der Waals surface area contributed by atoms with Gasteiger partial charge in [-0.25, -0.2) is 0 Å². The fraction of sp³-hybridized carbons (Fsp3) is 1.00. The normalized spacial score (nSPS) is 24.4. The summed E-state index contributed by atoms with van der Waals surface area (Å²) in [6, 6.07) is 0.584. The van der Waals surface area contributed by atoms with Gasteiger partial charge in [-0.05, 0) is 19.5 Å². The van der Waals surface area contributed by atoms with Crippen LogP contribution in [-0.4, -0.2) is 49.8 Å². The second-order valence-electron chi connectivity index (χ2n) is 4.28. The van der Waals surface area contributed by atoms with Crippen LogP contribution in [0, 0.1) is 0 Å². The first-order valence-corrected chi connectivity index (χ1v) is 5.79. The van der Waals surface area contributed by atoms with Crippen LogP contribution in [0.3, 0.4) is 0 Å². The molecule has 3 nitrogen and oxygen atoms in total.